The molecular weight excluding hydrogens is 164 g/mol. The SMILES string of the molecule is Cc1cc(C(C)N=C=O)c(C)n1C. The molecule has 0 aliphatic heterocycles. The number of carbonyl (C=O) groups excluding carboxylic acids is 1. The smallest absolute Gasteiger partial charge is 0.235 e. The van der Waals surface area contributed by atoms with E-state index in [1.165, 1.54) is 5.69 Å². The van der Waals surface area contributed by atoms with Crippen molar-refractivity contribution in [3.05, 3.63) is 23.0 Å². The Labute approximate surface area is 78.1 Å². The second-order valence-electron chi connectivity index (χ2n) is 3.28. The first-order valence-electron chi connectivity index (χ1n) is 4.27. The molecule has 0 spiro atoms. The minimum Gasteiger partial charge on any atom is -0.352 e. The maximum Gasteiger partial charge on any atom is 0.235 e. The van der Waals surface area contributed by atoms with Crippen molar-refractivity contribution in [2.24, 2.45) is 12.0 Å². The fraction of sp³-hybridized carbons (Fsp3) is 0.500. The summed E-state index contributed by atoms with van der Waals surface area (Å²) in [6.45, 7) is 5.96. The first kappa shape index (κ1) is 9.75. The van der Waals surface area contributed by atoms with Gasteiger partial charge in [-0.15, -0.1) is 0 Å². The predicted octanol–water partition coefficient (Wildman–Crippen LogP) is 2.04. The molecule has 0 saturated heterocycles. The van der Waals surface area contributed by atoms with Gasteiger partial charge in [0.05, 0.1) is 6.04 Å². The van der Waals surface area contributed by atoms with Crippen molar-refractivity contribution in [2.45, 2.75) is 26.8 Å². The summed E-state index contributed by atoms with van der Waals surface area (Å²) in [6, 6.07) is 1.97. The van der Waals surface area contributed by atoms with Gasteiger partial charge in [0.2, 0.25) is 6.08 Å². The summed E-state index contributed by atoms with van der Waals surface area (Å²) in [5, 5.41) is 0. The van der Waals surface area contributed by atoms with Gasteiger partial charge in [-0.2, -0.15) is 4.99 Å². The first-order valence-corrected chi connectivity index (χ1v) is 4.27. The normalized spacial score (nSPS) is 12.3. The fourth-order valence-electron chi connectivity index (χ4n) is 1.46. The molecule has 0 amide bonds. The van der Waals surface area contributed by atoms with Crippen LogP contribution in [0.3, 0.4) is 0 Å². The number of hydrogen-bond acceptors (Lipinski definition) is 2. The molecule has 3 heteroatoms. The topological polar surface area (TPSA) is 34.4 Å². The highest BCUT2D eigenvalue weighted by molar-refractivity contribution is 5.37. The maximum atomic E-state index is 10.1. The van der Waals surface area contributed by atoms with E-state index in [-0.39, 0.29) is 6.04 Å². The van der Waals surface area contributed by atoms with Gasteiger partial charge in [-0.25, -0.2) is 4.79 Å². The Kier molecular flexibility index (Phi) is 2.69. The third-order valence-corrected chi connectivity index (χ3v) is 2.51. The quantitative estimate of drug-likeness (QED) is 0.504. The van der Waals surface area contributed by atoms with E-state index in [0.717, 1.165) is 11.3 Å². The minimum atomic E-state index is -0.0857. The minimum absolute atomic E-state index is 0.0857. The second kappa shape index (κ2) is 3.58. The molecule has 1 rings (SSSR count). The van der Waals surface area contributed by atoms with E-state index in [1.807, 2.05) is 27.8 Å². The molecule has 1 heterocycles. The van der Waals surface area contributed by atoms with E-state index in [2.05, 4.69) is 15.6 Å². The summed E-state index contributed by atoms with van der Waals surface area (Å²) in [5.41, 5.74) is 3.44. The van der Waals surface area contributed by atoms with Crippen LogP contribution in [-0.4, -0.2) is 10.6 Å². The third kappa shape index (κ3) is 1.70. The van der Waals surface area contributed by atoms with Gasteiger partial charge in [0.1, 0.15) is 0 Å². The maximum absolute atomic E-state index is 10.1. The largest absolute Gasteiger partial charge is 0.352 e. The van der Waals surface area contributed by atoms with Gasteiger partial charge in [-0.1, -0.05) is 0 Å². The van der Waals surface area contributed by atoms with E-state index in [0.29, 0.717) is 0 Å². The average molecular weight is 178 g/mol. The number of hydrogen-bond donors (Lipinski definition) is 0. The highest BCUT2D eigenvalue weighted by atomic mass is 16.1. The van der Waals surface area contributed by atoms with Crippen LogP contribution >= 0.6 is 0 Å². The Hall–Kier alpha value is -1.34. The van der Waals surface area contributed by atoms with Gasteiger partial charge in [-0.3, -0.25) is 0 Å². The van der Waals surface area contributed by atoms with E-state index >= 15 is 0 Å². The summed E-state index contributed by atoms with van der Waals surface area (Å²) < 4.78 is 2.09. The number of isocyanates is 1. The third-order valence-electron chi connectivity index (χ3n) is 2.51. The summed E-state index contributed by atoms with van der Waals surface area (Å²) >= 11 is 0. The molecule has 0 bridgehead atoms. The lowest BCUT2D eigenvalue weighted by molar-refractivity contribution is 0.559. The number of nitrogens with zero attached hydrogens (tertiary/aromatic N) is 2. The van der Waals surface area contributed by atoms with Crippen molar-refractivity contribution < 1.29 is 4.79 Å². The van der Waals surface area contributed by atoms with E-state index < -0.39 is 0 Å². The number of aromatic nitrogens is 1. The van der Waals surface area contributed by atoms with E-state index in [9.17, 15) is 4.79 Å². The van der Waals surface area contributed by atoms with Crippen LogP contribution in [0.1, 0.15) is 29.9 Å². The Bertz CT molecular complexity index is 359. The molecule has 0 aromatic carbocycles. The molecule has 0 aliphatic rings. The van der Waals surface area contributed by atoms with Gasteiger partial charge < -0.3 is 4.57 Å². The van der Waals surface area contributed by atoms with Crippen molar-refractivity contribution >= 4 is 6.08 Å². The van der Waals surface area contributed by atoms with Crippen LogP contribution in [0.25, 0.3) is 0 Å². The predicted molar refractivity (Wildman–Crippen MR) is 51.4 cm³/mol. The molecule has 0 fully saturated rings. The van der Waals surface area contributed by atoms with Crippen LogP contribution in [0.2, 0.25) is 0 Å². The van der Waals surface area contributed by atoms with E-state index in [1.54, 1.807) is 6.08 Å². The van der Waals surface area contributed by atoms with Crippen molar-refractivity contribution in [1.29, 1.82) is 0 Å². The molecule has 70 valence electrons. The first-order chi connectivity index (χ1) is 6.07. The lowest BCUT2D eigenvalue weighted by Gasteiger charge is -2.04. The van der Waals surface area contributed by atoms with Crippen molar-refractivity contribution in [3.63, 3.8) is 0 Å². The van der Waals surface area contributed by atoms with Gasteiger partial charge in [0.15, 0.2) is 0 Å². The van der Waals surface area contributed by atoms with Crippen molar-refractivity contribution in [3.8, 4) is 0 Å². The van der Waals surface area contributed by atoms with E-state index in [4.69, 9.17) is 0 Å². The summed E-state index contributed by atoms with van der Waals surface area (Å²) in [6.07, 6.45) is 1.59. The number of aliphatic imine (C=N–C) groups is 1. The lowest BCUT2D eigenvalue weighted by atomic mass is 10.1. The van der Waals surface area contributed by atoms with Crippen LogP contribution in [0, 0.1) is 13.8 Å². The summed E-state index contributed by atoms with van der Waals surface area (Å²) in [4.78, 5) is 13.8. The van der Waals surface area contributed by atoms with Crippen molar-refractivity contribution in [1.82, 2.24) is 4.57 Å². The van der Waals surface area contributed by atoms with Crippen LogP contribution in [0.15, 0.2) is 11.1 Å². The summed E-state index contributed by atoms with van der Waals surface area (Å²) in [5.74, 6) is 0. The monoisotopic (exact) mass is 178 g/mol. The average Bonchev–Trinajstić information content (AvgIpc) is 2.33. The Balaban J connectivity index is 3.15. The highest BCUT2D eigenvalue weighted by Gasteiger charge is 2.11. The second-order valence-corrected chi connectivity index (χ2v) is 3.28. The Morgan fingerprint density at radius 1 is 1.54 bits per heavy atom. The fourth-order valence-corrected chi connectivity index (χ4v) is 1.46. The molecule has 1 unspecified atom stereocenters. The molecule has 0 N–H and O–H groups in total. The molecule has 0 saturated carbocycles. The molecule has 1 aromatic heterocycles. The Morgan fingerprint density at radius 2 is 2.15 bits per heavy atom. The molecule has 1 aromatic rings. The summed E-state index contributed by atoms with van der Waals surface area (Å²) in [7, 11) is 2.01. The standard InChI is InChI=1S/C10H14N2O/c1-7-5-10(8(2)11-6-13)9(3)12(7)4/h5,8H,1-4H3. The lowest BCUT2D eigenvalue weighted by Crippen LogP contribution is -1.95. The zero-order chi connectivity index (χ0) is 10.0. The van der Waals surface area contributed by atoms with Crippen LogP contribution in [-0.2, 0) is 11.8 Å². The van der Waals surface area contributed by atoms with Gasteiger partial charge in [-0.05, 0) is 32.4 Å². The molecule has 3 nitrogen and oxygen atoms in total. The van der Waals surface area contributed by atoms with Crippen LogP contribution < -0.4 is 0 Å². The highest BCUT2D eigenvalue weighted by Crippen LogP contribution is 2.22. The van der Waals surface area contributed by atoms with Crippen LogP contribution in [0.4, 0.5) is 0 Å². The van der Waals surface area contributed by atoms with Gasteiger partial charge in [0, 0.05) is 18.4 Å². The van der Waals surface area contributed by atoms with Gasteiger partial charge in [0.25, 0.3) is 0 Å². The molecule has 13 heavy (non-hydrogen) atoms. The van der Waals surface area contributed by atoms with Gasteiger partial charge >= 0.3 is 0 Å². The molecule has 1 atom stereocenters. The molecular formula is C10H14N2O. The zero-order valence-electron chi connectivity index (χ0n) is 8.46. The molecule has 0 radical (unpaired) electrons. The number of rotatable bonds is 2. The Morgan fingerprint density at radius 3 is 2.54 bits per heavy atom. The van der Waals surface area contributed by atoms with Crippen LogP contribution in [0.5, 0.6) is 0 Å². The molecule has 0 aliphatic carbocycles. The van der Waals surface area contributed by atoms with Crippen molar-refractivity contribution in [2.75, 3.05) is 0 Å². The number of aryl methyl sites for hydroxylation is 1. The zero-order valence-corrected chi connectivity index (χ0v) is 8.46.